The van der Waals surface area contributed by atoms with Gasteiger partial charge in [0.1, 0.15) is 5.75 Å². The van der Waals surface area contributed by atoms with Crippen LogP contribution in [0, 0.1) is 13.8 Å². The van der Waals surface area contributed by atoms with Crippen molar-refractivity contribution in [1.82, 2.24) is 9.88 Å². The van der Waals surface area contributed by atoms with Crippen molar-refractivity contribution in [3.63, 3.8) is 0 Å². The largest absolute Gasteiger partial charge is 0.492 e. The molecule has 188 valence electrons. The van der Waals surface area contributed by atoms with Gasteiger partial charge in [0.05, 0.1) is 12.3 Å². The Morgan fingerprint density at radius 3 is 2.36 bits per heavy atom. The molecule has 3 N–H and O–H groups in total. The number of ether oxygens (including phenoxy) is 1. The number of benzene rings is 2. The summed E-state index contributed by atoms with van der Waals surface area (Å²) >= 11 is 0. The fraction of sp³-hybridized carbons (Fsp3) is 0.296. The number of piperazine rings is 1. The summed E-state index contributed by atoms with van der Waals surface area (Å²) in [6.45, 7) is 9.00. The van der Waals surface area contributed by atoms with E-state index in [9.17, 15) is 9.59 Å². The predicted molar refractivity (Wildman–Crippen MR) is 143 cm³/mol. The van der Waals surface area contributed by atoms with E-state index < -0.39 is 0 Å². The van der Waals surface area contributed by atoms with Crippen LogP contribution in [0.1, 0.15) is 18.1 Å². The lowest BCUT2D eigenvalue weighted by atomic mass is 10.2. The number of aryl methyl sites for hydroxylation is 2. The first kappa shape index (κ1) is 24.8. The molecule has 1 aliphatic rings. The summed E-state index contributed by atoms with van der Waals surface area (Å²) in [5.74, 6) is 0.636. The average Bonchev–Trinajstić information content (AvgIpc) is 2.87. The molecule has 1 fully saturated rings. The van der Waals surface area contributed by atoms with Crippen LogP contribution in [0.25, 0.3) is 0 Å². The zero-order valence-electron chi connectivity index (χ0n) is 20.9. The number of hydrogen-bond donors (Lipinski definition) is 3. The third-order valence-corrected chi connectivity index (χ3v) is 6.00. The summed E-state index contributed by atoms with van der Waals surface area (Å²) in [6.07, 6.45) is 3.40. The minimum atomic E-state index is -0.335. The molecule has 3 aromatic rings. The van der Waals surface area contributed by atoms with Gasteiger partial charge in [-0.15, -0.1) is 0 Å². The minimum Gasteiger partial charge on any atom is -0.492 e. The molecule has 2 aromatic carbocycles. The Kier molecular flexibility index (Phi) is 7.89. The van der Waals surface area contributed by atoms with Gasteiger partial charge < -0.3 is 30.5 Å². The Morgan fingerprint density at radius 2 is 1.67 bits per heavy atom. The van der Waals surface area contributed by atoms with Crippen molar-refractivity contribution in [2.75, 3.05) is 53.6 Å². The third-order valence-electron chi connectivity index (χ3n) is 6.00. The van der Waals surface area contributed by atoms with Gasteiger partial charge in [-0.3, -0.25) is 4.98 Å². The smallest absolute Gasteiger partial charge is 0.323 e. The van der Waals surface area contributed by atoms with Crippen LogP contribution in [-0.4, -0.2) is 54.7 Å². The molecule has 36 heavy (non-hydrogen) atoms. The molecular weight excluding hydrogens is 456 g/mol. The highest BCUT2D eigenvalue weighted by atomic mass is 16.5. The zero-order valence-corrected chi connectivity index (χ0v) is 20.9. The Balaban J connectivity index is 1.29. The van der Waals surface area contributed by atoms with Gasteiger partial charge in [0.2, 0.25) is 0 Å². The summed E-state index contributed by atoms with van der Waals surface area (Å²) < 4.78 is 5.60. The van der Waals surface area contributed by atoms with Crippen LogP contribution in [-0.2, 0) is 0 Å². The zero-order chi connectivity index (χ0) is 25.5. The van der Waals surface area contributed by atoms with E-state index in [1.54, 1.807) is 18.5 Å². The monoisotopic (exact) mass is 488 g/mol. The fourth-order valence-corrected chi connectivity index (χ4v) is 4.04. The second-order valence-electron chi connectivity index (χ2n) is 8.65. The molecule has 0 radical (unpaired) electrons. The molecule has 0 saturated carbocycles. The van der Waals surface area contributed by atoms with Gasteiger partial charge >= 0.3 is 12.1 Å². The lowest BCUT2D eigenvalue weighted by Crippen LogP contribution is -2.50. The lowest BCUT2D eigenvalue weighted by Gasteiger charge is -2.36. The first-order valence-corrected chi connectivity index (χ1v) is 12.1. The standard InChI is InChI=1S/C27H32N6O3/c1-4-36-25-10-5-19(2)17-24(25)30-26(34)29-21-6-8-22(9-7-21)32-13-15-33(16-14-32)27(35)31-23-11-12-28-18-20(23)3/h5-12,17-18H,4,13-16H2,1-3H3,(H,28,31,35)(H2,29,30,34). The number of carbonyl (C=O) groups is 2. The van der Waals surface area contributed by atoms with Gasteiger partial charge in [0.25, 0.3) is 0 Å². The van der Waals surface area contributed by atoms with Gasteiger partial charge in [-0.05, 0) is 74.4 Å². The second-order valence-corrected chi connectivity index (χ2v) is 8.65. The Labute approximate surface area is 211 Å². The van der Waals surface area contributed by atoms with Crippen LogP contribution in [0.2, 0.25) is 0 Å². The molecular formula is C27H32N6O3. The summed E-state index contributed by atoms with van der Waals surface area (Å²) in [5.41, 5.74) is 5.10. The number of amides is 4. The Bertz CT molecular complexity index is 1210. The molecule has 0 spiro atoms. The molecule has 1 saturated heterocycles. The Morgan fingerprint density at radius 1 is 0.917 bits per heavy atom. The van der Waals surface area contributed by atoms with Crippen LogP contribution < -0.4 is 25.6 Å². The normalized spacial score (nSPS) is 13.2. The minimum absolute atomic E-state index is 0.101. The summed E-state index contributed by atoms with van der Waals surface area (Å²) in [7, 11) is 0. The molecule has 2 heterocycles. The van der Waals surface area contributed by atoms with Crippen LogP contribution in [0.5, 0.6) is 5.75 Å². The molecule has 0 aliphatic carbocycles. The maximum atomic E-state index is 12.6. The molecule has 1 aromatic heterocycles. The van der Waals surface area contributed by atoms with Crippen molar-refractivity contribution >= 4 is 34.8 Å². The van der Waals surface area contributed by atoms with E-state index in [-0.39, 0.29) is 12.1 Å². The highest BCUT2D eigenvalue weighted by molar-refractivity contribution is 6.00. The number of carbonyl (C=O) groups excluding carboxylic acids is 2. The van der Waals surface area contributed by atoms with Gasteiger partial charge in [-0.1, -0.05) is 6.07 Å². The van der Waals surface area contributed by atoms with Crippen molar-refractivity contribution in [1.29, 1.82) is 0 Å². The van der Waals surface area contributed by atoms with Crippen LogP contribution >= 0.6 is 0 Å². The number of nitrogens with one attached hydrogen (secondary N) is 3. The van der Waals surface area contributed by atoms with Crippen molar-refractivity contribution in [2.45, 2.75) is 20.8 Å². The van der Waals surface area contributed by atoms with Crippen molar-refractivity contribution in [3.05, 3.63) is 72.1 Å². The maximum Gasteiger partial charge on any atom is 0.323 e. The lowest BCUT2D eigenvalue weighted by molar-refractivity contribution is 0.208. The number of rotatable bonds is 6. The number of urea groups is 2. The SMILES string of the molecule is CCOc1ccc(C)cc1NC(=O)Nc1ccc(N2CCN(C(=O)Nc3ccncc3C)CC2)cc1. The van der Waals surface area contributed by atoms with E-state index in [0.717, 1.165) is 35.6 Å². The maximum absolute atomic E-state index is 12.6. The highest BCUT2D eigenvalue weighted by Gasteiger charge is 2.22. The third kappa shape index (κ3) is 6.24. The first-order chi connectivity index (χ1) is 17.4. The van der Waals surface area contributed by atoms with Gasteiger partial charge in [0.15, 0.2) is 0 Å². The Hall–Kier alpha value is -4.27. The number of pyridine rings is 1. The number of anilines is 4. The molecule has 1 aliphatic heterocycles. The second kappa shape index (κ2) is 11.4. The number of hydrogen-bond acceptors (Lipinski definition) is 5. The topological polar surface area (TPSA) is 98.8 Å². The fourth-order valence-electron chi connectivity index (χ4n) is 4.04. The van der Waals surface area contributed by atoms with Crippen molar-refractivity contribution in [3.8, 4) is 5.75 Å². The van der Waals surface area contributed by atoms with Gasteiger partial charge in [-0.25, -0.2) is 9.59 Å². The molecule has 0 bridgehead atoms. The predicted octanol–water partition coefficient (Wildman–Crippen LogP) is 5.10. The number of nitrogens with zero attached hydrogens (tertiary/aromatic N) is 3. The van der Waals surface area contributed by atoms with E-state index in [1.807, 2.05) is 68.1 Å². The summed E-state index contributed by atoms with van der Waals surface area (Å²) in [4.78, 5) is 33.3. The van der Waals surface area contributed by atoms with E-state index >= 15 is 0 Å². The molecule has 9 nitrogen and oxygen atoms in total. The highest BCUT2D eigenvalue weighted by Crippen LogP contribution is 2.26. The molecule has 0 atom stereocenters. The van der Waals surface area contributed by atoms with Crippen molar-refractivity contribution in [2.24, 2.45) is 0 Å². The summed E-state index contributed by atoms with van der Waals surface area (Å²) in [5, 5.41) is 8.70. The van der Waals surface area contributed by atoms with Gasteiger partial charge in [-0.2, -0.15) is 0 Å². The summed E-state index contributed by atoms with van der Waals surface area (Å²) in [6, 6.07) is 14.7. The van der Waals surface area contributed by atoms with E-state index in [2.05, 4.69) is 25.8 Å². The van der Waals surface area contributed by atoms with E-state index in [0.29, 0.717) is 36.8 Å². The first-order valence-electron chi connectivity index (χ1n) is 12.1. The number of aromatic nitrogens is 1. The average molecular weight is 489 g/mol. The van der Waals surface area contributed by atoms with Crippen LogP contribution in [0.15, 0.2) is 60.9 Å². The molecule has 4 amide bonds. The van der Waals surface area contributed by atoms with Crippen LogP contribution in [0.3, 0.4) is 0 Å². The molecule has 0 unspecified atom stereocenters. The van der Waals surface area contributed by atoms with E-state index in [4.69, 9.17) is 4.74 Å². The van der Waals surface area contributed by atoms with Crippen LogP contribution in [0.4, 0.5) is 32.3 Å². The molecule has 9 heteroatoms. The molecule has 4 rings (SSSR count). The quantitative estimate of drug-likeness (QED) is 0.449. The van der Waals surface area contributed by atoms with Gasteiger partial charge in [0, 0.05) is 55.6 Å². The van der Waals surface area contributed by atoms with E-state index in [1.165, 1.54) is 0 Å². The van der Waals surface area contributed by atoms with Crippen molar-refractivity contribution < 1.29 is 14.3 Å².